The molecule has 3 heterocycles. The molecule has 0 radical (unpaired) electrons. The predicted octanol–water partition coefficient (Wildman–Crippen LogP) is 3.78. The zero-order valence-electron chi connectivity index (χ0n) is 14.0. The van der Waals surface area contributed by atoms with Crippen molar-refractivity contribution in [2.24, 2.45) is 0 Å². The highest BCUT2D eigenvalue weighted by Gasteiger charge is 2.42. The van der Waals surface area contributed by atoms with E-state index < -0.39 is 0 Å². The number of aryl methyl sites for hydroxylation is 1. The summed E-state index contributed by atoms with van der Waals surface area (Å²) >= 11 is 0. The average Bonchev–Trinajstić information content (AvgIpc) is 3.07. The maximum atomic E-state index is 12.7. The minimum Gasteiger partial charge on any atom is -0.347 e. The quantitative estimate of drug-likeness (QED) is 0.933. The Bertz CT molecular complexity index is 779. The van der Waals surface area contributed by atoms with Gasteiger partial charge in [-0.1, -0.05) is 13.0 Å². The number of ketones is 1. The first-order chi connectivity index (χ1) is 11.7. The number of nitrogens with one attached hydrogen (secondary N) is 1. The lowest BCUT2D eigenvalue weighted by molar-refractivity contribution is -0.122. The van der Waals surface area contributed by atoms with Crippen molar-refractivity contribution in [1.82, 2.24) is 9.47 Å². The number of hydrogen-bond acceptors (Lipinski definition) is 2. The molecule has 24 heavy (non-hydrogen) atoms. The minimum absolute atomic E-state index is 0.0667. The molecule has 2 amide bonds. The fourth-order valence-electron chi connectivity index (χ4n) is 4.19. The normalized spacial score (nSPS) is 23.0. The Balaban J connectivity index is 1.54. The predicted molar refractivity (Wildman–Crippen MR) is 94.1 cm³/mol. The first-order valence-corrected chi connectivity index (χ1v) is 8.85. The van der Waals surface area contributed by atoms with Gasteiger partial charge in [0.2, 0.25) is 0 Å². The van der Waals surface area contributed by atoms with E-state index in [2.05, 4.69) is 29.1 Å². The van der Waals surface area contributed by atoms with E-state index in [0.717, 1.165) is 37.0 Å². The zero-order chi connectivity index (χ0) is 16.7. The van der Waals surface area contributed by atoms with Crippen molar-refractivity contribution in [3.05, 3.63) is 30.5 Å². The van der Waals surface area contributed by atoms with Crippen molar-refractivity contribution in [1.29, 1.82) is 0 Å². The molecule has 2 aliphatic rings. The van der Waals surface area contributed by atoms with Crippen LogP contribution in [0.25, 0.3) is 10.9 Å². The second kappa shape index (κ2) is 5.96. The first-order valence-electron chi connectivity index (χ1n) is 8.85. The maximum Gasteiger partial charge on any atom is 0.322 e. The molecule has 126 valence electrons. The standard InChI is InChI=1S/C19H23N3O2/c1-2-8-21-9-7-13-3-4-14(10-18(13)21)20-19(24)22-15-5-6-16(22)12-17(23)11-15/h3-4,7,9-10,15-16H,2,5-6,8,11-12H2,1H3,(H,20,24). The molecule has 4 rings (SSSR count). The van der Waals surface area contributed by atoms with E-state index in [0.29, 0.717) is 18.6 Å². The smallest absolute Gasteiger partial charge is 0.322 e. The van der Waals surface area contributed by atoms with Gasteiger partial charge in [0.15, 0.2) is 0 Å². The Morgan fingerprint density at radius 3 is 2.67 bits per heavy atom. The summed E-state index contributed by atoms with van der Waals surface area (Å²) in [6.07, 6.45) is 6.09. The van der Waals surface area contributed by atoms with Crippen LogP contribution in [0.15, 0.2) is 30.5 Å². The summed E-state index contributed by atoms with van der Waals surface area (Å²) in [4.78, 5) is 26.3. The molecule has 2 aliphatic heterocycles. The lowest BCUT2D eigenvalue weighted by Crippen LogP contribution is -2.48. The molecule has 0 aliphatic carbocycles. The first kappa shape index (κ1) is 15.2. The number of rotatable bonds is 3. The maximum absolute atomic E-state index is 12.7. The third-order valence-corrected chi connectivity index (χ3v) is 5.27. The number of carbonyl (C=O) groups is 2. The number of aromatic nitrogens is 1. The fraction of sp³-hybridized carbons (Fsp3) is 0.474. The van der Waals surface area contributed by atoms with Crippen LogP contribution in [0.4, 0.5) is 10.5 Å². The van der Waals surface area contributed by atoms with Crippen molar-refractivity contribution in [3.8, 4) is 0 Å². The van der Waals surface area contributed by atoms with Gasteiger partial charge in [-0.15, -0.1) is 0 Å². The van der Waals surface area contributed by atoms with E-state index >= 15 is 0 Å². The van der Waals surface area contributed by atoms with Gasteiger partial charge in [-0.3, -0.25) is 4.79 Å². The van der Waals surface area contributed by atoms with E-state index in [1.54, 1.807) is 0 Å². The number of Topliss-reactive ketones (excluding diaryl/α,β-unsaturated/α-hetero) is 1. The monoisotopic (exact) mass is 325 g/mol. The molecule has 2 aromatic rings. The van der Waals surface area contributed by atoms with Crippen LogP contribution in [-0.4, -0.2) is 33.4 Å². The highest BCUT2D eigenvalue weighted by molar-refractivity contribution is 5.94. The number of hydrogen-bond donors (Lipinski definition) is 1. The Hall–Kier alpha value is -2.30. The van der Waals surface area contributed by atoms with Crippen LogP contribution < -0.4 is 5.32 Å². The van der Waals surface area contributed by atoms with Gasteiger partial charge >= 0.3 is 6.03 Å². The molecule has 5 heteroatoms. The van der Waals surface area contributed by atoms with Crippen LogP contribution in [0.1, 0.15) is 39.0 Å². The van der Waals surface area contributed by atoms with Gasteiger partial charge in [-0.2, -0.15) is 0 Å². The molecule has 2 atom stereocenters. The van der Waals surface area contributed by atoms with E-state index in [1.165, 1.54) is 5.39 Å². The number of nitrogens with zero attached hydrogens (tertiary/aromatic N) is 2. The van der Waals surface area contributed by atoms with Crippen LogP contribution in [0.2, 0.25) is 0 Å². The van der Waals surface area contributed by atoms with Gasteiger partial charge in [0, 0.05) is 43.4 Å². The Kier molecular flexibility index (Phi) is 3.79. The zero-order valence-corrected chi connectivity index (χ0v) is 14.0. The summed E-state index contributed by atoms with van der Waals surface area (Å²) in [5, 5.41) is 4.23. The molecular formula is C19H23N3O2. The average molecular weight is 325 g/mol. The SMILES string of the molecule is CCCn1ccc2ccc(NC(=O)N3C4CCC3CC(=O)C4)cc21. The lowest BCUT2D eigenvalue weighted by Gasteiger charge is -2.34. The number of piperidine rings is 1. The molecule has 2 unspecified atom stereocenters. The van der Waals surface area contributed by atoms with E-state index in [-0.39, 0.29) is 18.1 Å². The number of urea groups is 1. The third-order valence-electron chi connectivity index (χ3n) is 5.27. The van der Waals surface area contributed by atoms with Gasteiger partial charge in [0.1, 0.15) is 5.78 Å². The number of carbonyl (C=O) groups excluding carboxylic acids is 2. The third kappa shape index (κ3) is 2.58. The van der Waals surface area contributed by atoms with Crippen molar-refractivity contribution < 1.29 is 9.59 Å². The topological polar surface area (TPSA) is 54.3 Å². The van der Waals surface area contributed by atoms with Crippen molar-refractivity contribution in [2.45, 2.75) is 57.7 Å². The van der Waals surface area contributed by atoms with Gasteiger partial charge in [0.05, 0.1) is 5.52 Å². The Morgan fingerprint density at radius 2 is 1.96 bits per heavy atom. The summed E-state index contributed by atoms with van der Waals surface area (Å²) in [6, 6.07) is 8.25. The number of benzene rings is 1. The number of fused-ring (bicyclic) bond motifs is 3. The molecule has 2 fully saturated rings. The van der Waals surface area contributed by atoms with E-state index in [4.69, 9.17) is 0 Å². The Morgan fingerprint density at radius 1 is 1.21 bits per heavy atom. The summed E-state index contributed by atoms with van der Waals surface area (Å²) in [5.74, 6) is 0.297. The largest absolute Gasteiger partial charge is 0.347 e. The Labute approximate surface area is 141 Å². The van der Waals surface area contributed by atoms with Gasteiger partial charge < -0.3 is 14.8 Å². The van der Waals surface area contributed by atoms with Gasteiger partial charge in [-0.05, 0) is 42.8 Å². The van der Waals surface area contributed by atoms with Gasteiger partial charge in [-0.25, -0.2) is 4.79 Å². The number of anilines is 1. The number of amides is 2. The highest BCUT2D eigenvalue weighted by atomic mass is 16.2. The summed E-state index contributed by atoms with van der Waals surface area (Å²) in [5.41, 5.74) is 1.96. The molecule has 0 saturated carbocycles. The molecule has 5 nitrogen and oxygen atoms in total. The molecule has 2 saturated heterocycles. The van der Waals surface area contributed by atoms with Gasteiger partial charge in [0.25, 0.3) is 0 Å². The summed E-state index contributed by atoms with van der Waals surface area (Å²) in [6.45, 7) is 3.13. The molecule has 0 spiro atoms. The van der Waals surface area contributed by atoms with Crippen LogP contribution >= 0.6 is 0 Å². The van der Waals surface area contributed by atoms with Crippen LogP contribution in [-0.2, 0) is 11.3 Å². The van der Waals surface area contributed by atoms with E-state index in [1.807, 2.05) is 23.1 Å². The fourth-order valence-corrected chi connectivity index (χ4v) is 4.19. The molecular weight excluding hydrogens is 302 g/mol. The summed E-state index contributed by atoms with van der Waals surface area (Å²) < 4.78 is 2.22. The van der Waals surface area contributed by atoms with Crippen LogP contribution in [0, 0.1) is 0 Å². The second-order valence-corrected chi connectivity index (χ2v) is 6.95. The molecule has 2 bridgehead atoms. The van der Waals surface area contributed by atoms with Crippen molar-refractivity contribution in [2.75, 3.05) is 5.32 Å². The minimum atomic E-state index is -0.0667. The van der Waals surface area contributed by atoms with Crippen LogP contribution in [0.5, 0.6) is 0 Å². The van der Waals surface area contributed by atoms with Crippen molar-refractivity contribution in [3.63, 3.8) is 0 Å². The second-order valence-electron chi connectivity index (χ2n) is 6.95. The molecule has 1 aromatic heterocycles. The van der Waals surface area contributed by atoms with Crippen LogP contribution in [0.3, 0.4) is 0 Å². The van der Waals surface area contributed by atoms with E-state index in [9.17, 15) is 9.59 Å². The molecule has 1 N–H and O–H groups in total. The lowest BCUT2D eigenvalue weighted by atomic mass is 10.0. The van der Waals surface area contributed by atoms with Crippen molar-refractivity contribution >= 4 is 28.4 Å². The molecule has 1 aromatic carbocycles. The summed E-state index contributed by atoms with van der Waals surface area (Å²) in [7, 11) is 0. The highest BCUT2D eigenvalue weighted by Crippen LogP contribution is 2.34.